The lowest BCUT2D eigenvalue weighted by Crippen LogP contribution is -2.47. The molecule has 162 valence electrons. The highest BCUT2D eigenvalue weighted by molar-refractivity contribution is 5.79. The Morgan fingerprint density at radius 2 is 1.84 bits per heavy atom. The molecule has 1 saturated heterocycles. The van der Waals surface area contributed by atoms with E-state index in [4.69, 9.17) is 0 Å². The second kappa shape index (κ2) is 8.95. The van der Waals surface area contributed by atoms with E-state index in [2.05, 4.69) is 32.4 Å². The molecule has 0 spiro atoms. The quantitative estimate of drug-likeness (QED) is 0.629. The Labute approximate surface area is 182 Å². The van der Waals surface area contributed by atoms with Gasteiger partial charge in [0, 0.05) is 32.2 Å². The molecule has 0 saturated carbocycles. The molecule has 4 rings (SSSR count). The minimum atomic E-state index is -0.927. The fraction of sp³-hybridized carbons (Fsp3) is 0.391. The van der Waals surface area contributed by atoms with Crippen molar-refractivity contribution in [3.05, 3.63) is 66.2 Å². The maximum absolute atomic E-state index is 13.0. The monoisotopic (exact) mass is 420 g/mol. The van der Waals surface area contributed by atoms with E-state index in [-0.39, 0.29) is 12.5 Å². The molecule has 1 aromatic heterocycles. The highest BCUT2D eigenvalue weighted by atomic mass is 16.3. The Kier molecular flexibility index (Phi) is 6.11. The Balaban J connectivity index is 1.35. The fourth-order valence-corrected chi connectivity index (χ4v) is 4.08. The molecule has 8 heteroatoms. The van der Waals surface area contributed by atoms with E-state index in [1.54, 1.807) is 18.9 Å². The third-order valence-electron chi connectivity index (χ3n) is 5.73. The summed E-state index contributed by atoms with van der Waals surface area (Å²) in [4.78, 5) is 18.1. The zero-order chi connectivity index (χ0) is 21.8. The van der Waals surface area contributed by atoms with Crippen LogP contribution in [0.2, 0.25) is 0 Å². The van der Waals surface area contributed by atoms with Crippen LogP contribution in [0.25, 0.3) is 11.4 Å². The van der Waals surface area contributed by atoms with Crippen molar-refractivity contribution in [1.29, 1.82) is 0 Å². The minimum absolute atomic E-state index is 0.160. The highest BCUT2D eigenvalue weighted by Gasteiger charge is 2.38. The Bertz CT molecular complexity index is 1010. The molecule has 2 unspecified atom stereocenters. The molecule has 1 aliphatic heterocycles. The van der Waals surface area contributed by atoms with Crippen LogP contribution in [-0.4, -0.2) is 73.3 Å². The van der Waals surface area contributed by atoms with E-state index in [1.165, 1.54) is 10.4 Å². The van der Waals surface area contributed by atoms with Crippen LogP contribution in [0.4, 0.5) is 0 Å². The number of likely N-dealkylation sites (N-methyl/N-ethyl adjacent to an activating group) is 1. The van der Waals surface area contributed by atoms with Crippen LogP contribution in [-0.2, 0) is 11.3 Å². The Morgan fingerprint density at radius 1 is 1.16 bits per heavy atom. The summed E-state index contributed by atoms with van der Waals surface area (Å²) in [6, 6.07) is 19.1. The van der Waals surface area contributed by atoms with E-state index in [0.717, 1.165) is 18.7 Å². The number of carbonyl (C=O) groups excluding carboxylic acids is 1. The van der Waals surface area contributed by atoms with Crippen LogP contribution in [0.1, 0.15) is 24.9 Å². The lowest BCUT2D eigenvalue weighted by Gasteiger charge is -2.30. The lowest BCUT2D eigenvalue weighted by atomic mass is 10.0. The smallest absolute Gasteiger partial charge is 0.248 e. The number of rotatable bonds is 7. The number of β-amino-alcohol motifs (C(OH)–C–C–N with tert-alkyl or cyclic N) is 1. The molecule has 1 N–H and O–H groups in total. The van der Waals surface area contributed by atoms with Crippen molar-refractivity contribution in [1.82, 2.24) is 30.0 Å². The molecular weight excluding hydrogens is 392 g/mol. The number of benzene rings is 2. The first-order valence-electron chi connectivity index (χ1n) is 10.5. The van der Waals surface area contributed by atoms with E-state index < -0.39 is 11.6 Å². The molecule has 1 aliphatic rings. The first-order chi connectivity index (χ1) is 14.9. The van der Waals surface area contributed by atoms with Crippen LogP contribution in [0, 0.1) is 0 Å². The van der Waals surface area contributed by atoms with Crippen molar-refractivity contribution in [3.63, 3.8) is 0 Å². The van der Waals surface area contributed by atoms with Gasteiger partial charge < -0.3 is 10.0 Å². The first-order valence-corrected chi connectivity index (χ1v) is 10.5. The molecule has 31 heavy (non-hydrogen) atoms. The summed E-state index contributed by atoms with van der Waals surface area (Å²) < 4.78 is 0. The highest BCUT2D eigenvalue weighted by Crippen LogP contribution is 2.24. The number of aliphatic hydroxyl groups is 1. The van der Waals surface area contributed by atoms with Gasteiger partial charge in [-0.1, -0.05) is 60.7 Å². The van der Waals surface area contributed by atoms with Crippen molar-refractivity contribution in [2.75, 3.05) is 26.7 Å². The number of hydrogen-bond acceptors (Lipinski definition) is 6. The zero-order valence-electron chi connectivity index (χ0n) is 17.9. The third kappa shape index (κ3) is 4.98. The number of tetrazole rings is 1. The molecule has 1 amide bonds. The van der Waals surface area contributed by atoms with Crippen LogP contribution in [0.15, 0.2) is 60.7 Å². The first kappa shape index (κ1) is 21.1. The fourth-order valence-electron chi connectivity index (χ4n) is 4.08. The van der Waals surface area contributed by atoms with Crippen LogP contribution >= 0.6 is 0 Å². The van der Waals surface area contributed by atoms with E-state index in [0.29, 0.717) is 18.8 Å². The minimum Gasteiger partial charge on any atom is -0.387 e. The standard InChI is InChI=1S/C23H28N6O2/c1-18(29-25-21(24-26-29)20-11-7-4-8-12-20)22(30)27(2)16-23(31)13-14-28(17-23)15-19-9-5-3-6-10-19/h3-12,18,31H,13-17H2,1-2H3. The molecule has 2 atom stereocenters. The van der Waals surface area contributed by atoms with Crippen molar-refractivity contribution in [2.24, 2.45) is 0 Å². The van der Waals surface area contributed by atoms with Gasteiger partial charge in [0.15, 0.2) is 0 Å². The van der Waals surface area contributed by atoms with Crippen molar-refractivity contribution in [3.8, 4) is 11.4 Å². The van der Waals surface area contributed by atoms with Gasteiger partial charge in [0.2, 0.25) is 11.7 Å². The molecular formula is C23H28N6O2. The SMILES string of the molecule is CC(C(=O)N(C)CC1(O)CCN(Cc2ccccc2)C1)n1nnc(-c2ccccc2)n1. The number of likely N-dealkylation sites (tertiary alicyclic amines) is 1. The molecule has 1 fully saturated rings. The van der Waals surface area contributed by atoms with E-state index >= 15 is 0 Å². The van der Waals surface area contributed by atoms with Crippen LogP contribution in [0.5, 0.6) is 0 Å². The van der Waals surface area contributed by atoms with E-state index in [1.807, 2.05) is 48.5 Å². The lowest BCUT2D eigenvalue weighted by molar-refractivity contribution is -0.136. The average molecular weight is 421 g/mol. The maximum Gasteiger partial charge on any atom is 0.248 e. The third-order valence-corrected chi connectivity index (χ3v) is 5.73. The second-order valence-corrected chi connectivity index (χ2v) is 8.34. The molecule has 2 aromatic carbocycles. The normalized spacial score (nSPS) is 20.0. The van der Waals surface area contributed by atoms with Gasteiger partial charge in [-0.3, -0.25) is 9.69 Å². The number of nitrogens with zero attached hydrogens (tertiary/aromatic N) is 6. The zero-order valence-corrected chi connectivity index (χ0v) is 17.9. The van der Waals surface area contributed by atoms with Gasteiger partial charge in [0.25, 0.3) is 0 Å². The topological polar surface area (TPSA) is 87.4 Å². The number of aromatic nitrogens is 4. The van der Waals surface area contributed by atoms with Crippen molar-refractivity contribution >= 4 is 5.91 Å². The summed E-state index contributed by atoms with van der Waals surface area (Å²) in [5.74, 6) is 0.320. The van der Waals surface area contributed by atoms with Gasteiger partial charge in [0.1, 0.15) is 6.04 Å². The molecule has 8 nitrogen and oxygen atoms in total. The summed E-state index contributed by atoms with van der Waals surface area (Å²) >= 11 is 0. The summed E-state index contributed by atoms with van der Waals surface area (Å²) in [6.07, 6.45) is 0.631. The Morgan fingerprint density at radius 3 is 2.55 bits per heavy atom. The summed E-state index contributed by atoms with van der Waals surface area (Å²) in [7, 11) is 1.71. The molecule has 2 heterocycles. The molecule has 0 bridgehead atoms. The van der Waals surface area contributed by atoms with Gasteiger partial charge in [-0.25, -0.2) is 0 Å². The number of amides is 1. The molecule has 3 aromatic rings. The van der Waals surface area contributed by atoms with Gasteiger partial charge in [-0.05, 0) is 24.1 Å². The number of carbonyl (C=O) groups is 1. The largest absolute Gasteiger partial charge is 0.387 e. The van der Waals surface area contributed by atoms with Gasteiger partial charge >= 0.3 is 0 Å². The maximum atomic E-state index is 13.0. The predicted molar refractivity (Wildman–Crippen MR) is 117 cm³/mol. The molecule has 0 radical (unpaired) electrons. The second-order valence-electron chi connectivity index (χ2n) is 8.34. The van der Waals surface area contributed by atoms with Gasteiger partial charge in [-0.2, -0.15) is 4.80 Å². The van der Waals surface area contributed by atoms with E-state index in [9.17, 15) is 9.90 Å². The summed E-state index contributed by atoms with van der Waals surface area (Å²) in [6.45, 7) is 4.14. The van der Waals surface area contributed by atoms with Crippen LogP contribution < -0.4 is 0 Å². The van der Waals surface area contributed by atoms with Crippen molar-refractivity contribution in [2.45, 2.75) is 31.5 Å². The Hall–Kier alpha value is -3.10. The summed E-state index contributed by atoms with van der Waals surface area (Å²) in [5.41, 5.74) is 1.14. The number of hydrogen-bond donors (Lipinski definition) is 1. The van der Waals surface area contributed by atoms with Gasteiger partial charge in [-0.15, -0.1) is 10.2 Å². The molecule has 0 aliphatic carbocycles. The van der Waals surface area contributed by atoms with Crippen molar-refractivity contribution < 1.29 is 9.90 Å². The predicted octanol–water partition coefficient (Wildman–Crippen LogP) is 2.00. The average Bonchev–Trinajstić information content (AvgIpc) is 3.41. The van der Waals surface area contributed by atoms with Gasteiger partial charge in [0.05, 0.1) is 12.1 Å². The summed E-state index contributed by atoms with van der Waals surface area (Å²) in [5, 5.41) is 23.6. The van der Waals surface area contributed by atoms with Crippen LogP contribution in [0.3, 0.4) is 0 Å².